The van der Waals surface area contributed by atoms with Gasteiger partial charge in [0.15, 0.2) is 12.0 Å². The first-order valence-corrected chi connectivity index (χ1v) is 8.38. The second-order valence-corrected chi connectivity index (χ2v) is 5.98. The van der Waals surface area contributed by atoms with Gasteiger partial charge in [-0.05, 0) is 50.3 Å². The van der Waals surface area contributed by atoms with Crippen LogP contribution in [0.25, 0.3) is 11.3 Å². The summed E-state index contributed by atoms with van der Waals surface area (Å²) in [6, 6.07) is 10.6. The van der Waals surface area contributed by atoms with E-state index in [9.17, 15) is 9.59 Å². The minimum Gasteiger partial charge on any atom is -0.453 e. The molecule has 1 aliphatic rings. The van der Waals surface area contributed by atoms with Gasteiger partial charge in [0.25, 0.3) is 5.91 Å². The number of carbonyl (C=O) groups excluding carboxylic acids is 2. The highest BCUT2D eigenvalue weighted by Crippen LogP contribution is 2.25. The van der Waals surface area contributed by atoms with E-state index in [1.54, 1.807) is 18.2 Å². The molecule has 0 fully saturated rings. The summed E-state index contributed by atoms with van der Waals surface area (Å²) < 4.78 is 5.45. The molecular weight excluding hydrogens is 302 g/mol. The molecule has 24 heavy (non-hydrogen) atoms. The number of benzene rings is 1. The number of rotatable bonds is 6. The molecule has 1 aromatic heterocycles. The van der Waals surface area contributed by atoms with Crippen molar-refractivity contribution in [3.05, 3.63) is 59.4 Å². The maximum atomic E-state index is 12.5. The van der Waals surface area contributed by atoms with Crippen molar-refractivity contribution in [1.82, 2.24) is 5.32 Å². The minimum atomic E-state index is -0.119. The van der Waals surface area contributed by atoms with Gasteiger partial charge in [-0.2, -0.15) is 0 Å². The van der Waals surface area contributed by atoms with Crippen molar-refractivity contribution in [2.24, 2.45) is 0 Å². The highest BCUT2D eigenvalue weighted by molar-refractivity contribution is 6.00. The minimum absolute atomic E-state index is 0.119. The first-order valence-electron chi connectivity index (χ1n) is 8.38. The summed E-state index contributed by atoms with van der Waals surface area (Å²) in [4.78, 5) is 23.3. The quantitative estimate of drug-likeness (QED) is 0.634. The molecule has 0 atom stereocenters. The van der Waals surface area contributed by atoms with Crippen LogP contribution in [-0.4, -0.2) is 18.7 Å². The molecule has 0 unspecified atom stereocenters. The predicted molar refractivity (Wildman–Crippen MR) is 93.0 cm³/mol. The van der Waals surface area contributed by atoms with Crippen LogP contribution >= 0.6 is 0 Å². The van der Waals surface area contributed by atoms with Crippen molar-refractivity contribution in [2.45, 2.75) is 32.1 Å². The average molecular weight is 323 g/mol. The summed E-state index contributed by atoms with van der Waals surface area (Å²) in [7, 11) is 0. The molecule has 1 amide bonds. The molecule has 1 heterocycles. The normalized spacial score (nSPS) is 14.1. The van der Waals surface area contributed by atoms with Gasteiger partial charge < -0.3 is 9.73 Å². The van der Waals surface area contributed by atoms with E-state index in [0.29, 0.717) is 29.7 Å². The van der Waals surface area contributed by atoms with E-state index in [0.717, 1.165) is 19.3 Å². The Hall–Kier alpha value is -2.62. The largest absolute Gasteiger partial charge is 0.453 e. The molecule has 2 aromatic rings. The topological polar surface area (TPSA) is 59.3 Å². The Kier molecular flexibility index (Phi) is 5.26. The van der Waals surface area contributed by atoms with Gasteiger partial charge in [0.2, 0.25) is 0 Å². The van der Waals surface area contributed by atoms with Crippen molar-refractivity contribution in [3.8, 4) is 11.3 Å². The summed E-state index contributed by atoms with van der Waals surface area (Å²) >= 11 is 0. The lowest BCUT2D eigenvalue weighted by molar-refractivity contribution is 0.0954. The fourth-order valence-electron chi connectivity index (χ4n) is 3.02. The number of aldehydes is 1. The monoisotopic (exact) mass is 323 g/mol. The Bertz CT molecular complexity index is 758. The van der Waals surface area contributed by atoms with Crippen molar-refractivity contribution < 1.29 is 14.0 Å². The smallest absolute Gasteiger partial charge is 0.252 e. The number of hydrogen-bond acceptors (Lipinski definition) is 3. The molecule has 0 bridgehead atoms. The number of allylic oxidation sites excluding steroid dienone is 1. The van der Waals surface area contributed by atoms with E-state index in [-0.39, 0.29) is 11.7 Å². The molecular formula is C20H21NO3. The van der Waals surface area contributed by atoms with E-state index in [1.165, 1.54) is 18.4 Å². The zero-order valence-electron chi connectivity index (χ0n) is 13.6. The molecule has 4 heteroatoms. The molecule has 1 N–H and O–H groups in total. The van der Waals surface area contributed by atoms with Gasteiger partial charge in [-0.1, -0.05) is 29.8 Å². The van der Waals surface area contributed by atoms with Crippen LogP contribution in [0.3, 0.4) is 0 Å². The number of nitrogens with one attached hydrogen (secondary N) is 1. The van der Waals surface area contributed by atoms with Crippen molar-refractivity contribution in [3.63, 3.8) is 0 Å². The van der Waals surface area contributed by atoms with Gasteiger partial charge in [0.05, 0.1) is 5.56 Å². The molecule has 3 rings (SSSR count). The van der Waals surface area contributed by atoms with Gasteiger partial charge in [-0.15, -0.1) is 0 Å². The fourth-order valence-corrected chi connectivity index (χ4v) is 3.02. The number of furan rings is 1. The molecule has 1 aliphatic carbocycles. The van der Waals surface area contributed by atoms with Crippen molar-refractivity contribution >= 4 is 12.2 Å². The van der Waals surface area contributed by atoms with E-state index >= 15 is 0 Å². The first-order chi connectivity index (χ1) is 11.8. The molecule has 124 valence electrons. The average Bonchev–Trinajstić information content (AvgIpc) is 3.11. The van der Waals surface area contributed by atoms with Crippen LogP contribution in [0, 0.1) is 0 Å². The zero-order valence-corrected chi connectivity index (χ0v) is 13.6. The van der Waals surface area contributed by atoms with E-state index in [2.05, 4.69) is 11.4 Å². The van der Waals surface area contributed by atoms with E-state index in [1.807, 2.05) is 18.2 Å². The maximum absolute atomic E-state index is 12.5. The van der Waals surface area contributed by atoms with Gasteiger partial charge in [-0.25, -0.2) is 0 Å². The lowest BCUT2D eigenvalue weighted by atomic mass is 9.97. The third-order valence-corrected chi connectivity index (χ3v) is 4.30. The van der Waals surface area contributed by atoms with Crippen LogP contribution in [0.2, 0.25) is 0 Å². The molecule has 0 aliphatic heterocycles. The Morgan fingerprint density at radius 2 is 2.04 bits per heavy atom. The highest BCUT2D eigenvalue weighted by atomic mass is 16.3. The van der Waals surface area contributed by atoms with E-state index in [4.69, 9.17) is 4.42 Å². The Balaban J connectivity index is 1.68. The van der Waals surface area contributed by atoms with Gasteiger partial charge in [0.1, 0.15) is 5.76 Å². The van der Waals surface area contributed by atoms with Gasteiger partial charge >= 0.3 is 0 Å². The summed E-state index contributed by atoms with van der Waals surface area (Å²) in [5.41, 5.74) is 2.69. The Morgan fingerprint density at radius 1 is 1.17 bits per heavy atom. The molecule has 0 saturated heterocycles. The maximum Gasteiger partial charge on any atom is 0.252 e. The third-order valence-electron chi connectivity index (χ3n) is 4.30. The fraction of sp³-hybridized carbons (Fsp3) is 0.300. The van der Waals surface area contributed by atoms with Crippen LogP contribution in [0.5, 0.6) is 0 Å². The van der Waals surface area contributed by atoms with Crippen LogP contribution in [0.15, 0.2) is 52.5 Å². The van der Waals surface area contributed by atoms with E-state index < -0.39 is 0 Å². The van der Waals surface area contributed by atoms with Gasteiger partial charge in [0, 0.05) is 12.1 Å². The summed E-state index contributed by atoms with van der Waals surface area (Å²) in [5.74, 6) is 0.661. The molecule has 0 radical (unpaired) electrons. The van der Waals surface area contributed by atoms with Crippen LogP contribution < -0.4 is 5.32 Å². The standard InChI is InChI=1S/C20H21NO3/c22-14-16-10-11-19(24-16)17-8-4-5-9-18(17)20(23)21-13-12-15-6-2-1-3-7-15/h4-6,8-11,14H,1-3,7,12-13H2,(H,21,23). The van der Waals surface area contributed by atoms with Crippen LogP contribution in [-0.2, 0) is 0 Å². The lowest BCUT2D eigenvalue weighted by Gasteiger charge is -2.13. The molecule has 1 aromatic carbocycles. The number of amides is 1. The predicted octanol–water partition coefficient (Wildman–Crippen LogP) is 4.38. The second kappa shape index (κ2) is 7.77. The Morgan fingerprint density at radius 3 is 2.79 bits per heavy atom. The van der Waals surface area contributed by atoms with Crippen LogP contribution in [0.1, 0.15) is 53.0 Å². The lowest BCUT2D eigenvalue weighted by Crippen LogP contribution is -2.25. The summed E-state index contributed by atoms with van der Waals surface area (Å²) in [6.45, 7) is 0.636. The second-order valence-electron chi connectivity index (χ2n) is 5.98. The highest BCUT2D eigenvalue weighted by Gasteiger charge is 2.15. The molecule has 0 saturated carbocycles. The molecule has 0 spiro atoms. The molecule has 4 nitrogen and oxygen atoms in total. The third kappa shape index (κ3) is 3.82. The Labute approximate surface area is 141 Å². The first kappa shape index (κ1) is 16.2. The number of carbonyl (C=O) groups is 2. The van der Waals surface area contributed by atoms with Crippen molar-refractivity contribution in [2.75, 3.05) is 6.54 Å². The van der Waals surface area contributed by atoms with Gasteiger partial charge in [-0.3, -0.25) is 9.59 Å². The SMILES string of the molecule is O=Cc1ccc(-c2ccccc2C(=O)NCCC2=CCCCC2)o1. The van der Waals surface area contributed by atoms with Crippen molar-refractivity contribution in [1.29, 1.82) is 0 Å². The summed E-state index contributed by atoms with van der Waals surface area (Å²) in [5, 5.41) is 2.99. The number of hydrogen-bond donors (Lipinski definition) is 1. The zero-order chi connectivity index (χ0) is 16.8. The summed E-state index contributed by atoms with van der Waals surface area (Å²) in [6.07, 6.45) is 8.69. The van der Waals surface area contributed by atoms with Crippen LogP contribution in [0.4, 0.5) is 0 Å².